The Balaban J connectivity index is 2.24. The van der Waals surface area contributed by atoms with Crippen LogP contribution in [-0.4, -0.2) is 45.0 Å². The molecule has 1 unspecified atom stereocenters. The average Bonchev–Trinajstić information content (AvgIpc) is 2.92. The summed E-state index contributed by atoms with van der Waals surface area (Å²) in [5.74, 6) is 1.31. The number of methoxy groups -OCH3 is 1. The van der Waals surface area contributed by atoms with Gasteiger partial charge in [-0.3, -0.25) is 4.90 Å². The fourth-order valence-electron chi connectivity index (χ4n) is 2.42. The lowest BCUT2D eigenvalue weighted by molar-refractivity contribution is 0.125. The molecule has 1 atom stereocenters. The van der Waals surface area contributed by atoms with Crippen LogP contribution < -0.4 is 15.2 Å². The highest BCUT2D eigenvalue weighted by Gasteiger charge is 2.24. The van der Waals surface area contributed by atoms with Crippen LogP contribution in [0.1, 0.15) is 18.5 Å². The molecule has 0 bridgehead atoms. The maximum Gasteiger partial charge on any atom is 0.231 e. The van der Waals surface area contributed by atoms with E-state index in [4.69, 9.17) is 31.5 Å². The second-order valence-electron chi connectivity index (χ2n) is 4.61. The molecule has 2 rings (SSSR count). The van der Waals surface area contributed by atoms with Crippen LogP contribution >= 0.6 is 11.6 Å². The first-order valence-electron chi connectivity index (χ1n) is 6.73. The van der Waals surface area contributed by atoms with Gasteiger partial charge in [-0.05, 0) is 24.2 Å². The Kier molecular flexibility index (Phi) is 5.48. The summed E-state index contributed by atoms with van der Waals surface area (Å²) in [6.45, 7) is 5.20. The van der Waals surface area contributed by atoms with Crippen LogP contribution in [0.25, 0.3) is 0 Å². The number of hydrogen-bond donors (Lipinski definition) is 1. The maximum atomic E-state index is 6.24. The topological polar surface area (TPSA) is 57.0 Å². The van der Waals surface area contributed by atoms with Crippen LogP contribution in [0, 0.1) is 0 Å². The molecule has 6 heteroatoms. The monoisotopic (exact) mass is 300 g/mol. The van der Waals surface area contributed by atoms with E-state index in [1.54, 1.807) is 7.11 Å². The van der Waals surface area contributed by atoms with Crippen molar-refractivity contribution >= 4 is 11.6 Å². The van der Waals surface area contributed by atoms with Crippen molar-refractivity contribution in [3.8, 4) is 11.5 Å². The predicted molar refractivity (Wildman–Crippen MR) is 78.5 cm³/mol. The standard InChI is InChI=1S/C14H21ClN2O3/c1-3-17(4-5-18-2)12(8-16)10-6-11(15)14-13(7-10)19-9-20-14/h6-7,12H,3-5,8-9,16H2,1-2H3. The van der Waals surface area contributed by atoms with Crippen LogP contribution in [0.5, 0.6) is 11.5 Å². The minimum atomic E-state index is 0.0853. The molecule has 0 fully saturated rings. The Morgan fingerprint density at radius 2 is 2.25 bits per heavy atom. The molecule has 0 aromatic heterocycles. The van der Waals surface area contributed by atoms with E-state index in [0.29, 0.717) is 29.7 Å². The zero-order valence-corrected chi connectivity index (χ0v) is 12.7. The van der Waals surface area contributed by atoms with E-state index in [1.165, 1.54) is 0 Å². The lowest BCUT2D eigenvalue weighted by Gasteiger charge is -2.30. The number of hydrogen-bond acceptors (Lipinski definition) is 5. The van der Waals surface area contributed by atoms with Gasteiger partial charge in [0.25, 0.3) is 0 Å². The summed E-state index contributed by atoms with van der Waals surface area (Å²) in [5, 5.41) is 0.566. The molecule has 0 amide bonds. The van der Waals surface area contributed by atoms with Crippen molar-refractivity contribution in [2.75, 3.05) is 40.1 Å². The molecule has 0 saturated carbocycles. The fourth-order valence-corrected chi connectivity index (χ4v) is 2.69. The van der Waals surface area contributed by atoms with Crippen molar-refractivity contribution in [1.82, 2.24) is 4.90 Å². The predicted octanol–water partition coefficient (Wildman–Crippen LogP) is 2.04. The summed E-state index contributed by atoms with van der Waals surface area (Å²) >= 11 is 6.24. The van der Waals surface area contributed by atoms with Crippen molar-refractivity contribution in [2.24, 2.45) is 5.73 Å². The molecule has 1 heterocycles. The molecule has 20 heavy (non-hydrogen) atoms. The van der Waals surface area contributed by atoms with Crippen molar-refractivity contribution in [3.63, 3.8) is 0 Å². The highest BCUT2D eigenvalue weighted by atomic mass is 35.5. The van der Waals surface area contributed by atoms with Crippen LogP contribution in [0.3, 0.4) is 0 Å². The van der Waals surface area contributed by atoms with Crippen molar-refractivity contribution in [2.45, 2.75) is 13.0 Å². The van der Waals surface area contributed by atoms with E-state index in [-0.39, 0.29) is 12.8 Å². The molecule has 5 nitrogen and oxygen atoms in total. The third-order valence-corrected chi connectivity index (χ3v) is 3.77. The summed E-state index contributed by atoms with van der Waals surface area (Å²) in [5.41, 5.74) is 6.99. The van der Waals surface area contributed by atoms with Crippen molar-refractivity contribution in [1.29, 1.82) is 0 Å². The Labute approximate surface area is 124 Å². The number of fused-ring (bicyclic) bond motifs is 1. The lowest BCUT2D eigenvalue weighted by atomic mass is 10.0. The highest BCUT2D eigenvalue weighted by molar-refractivity contribution is 6.32. The van der Waals surface area contributed by atoms with Crippen LogP contribution in [0.2, 0.25) is 5.02 Å². The fraction of sp³-hybridized carbons (Fsp3) is 0.571. The molecule has 0 spiro atoms. The van der Waals surface area contributed by atoms with E-state index in [9.17, 15) is 0 Å². The molecule has 0 saturated heterocycles. The van der Waals surface area contributed by atoms with Crippen LogP contribution in [0.15, 0.2) is 12.1 Å². The molecular formula is C14H21ClN2O3. The molecule has 1 aliphatic rings. The van der Waals surface area contributed by atoms with Gasteiger partial charge in [0.1, 0.15) is 0 Å². The third-order valence-electron chi connectivity index (χ3n) is 3.49. The molecule has 2 N–H and O–H groups in total. The summed E-state index contributed by atoms with van der Waals surface area (Å²) in [7, 11) is 1.70. The molecule has 0 aliphatic carbocycles. The lowest BCUT2D eigenvalue weighted by Crippen LogP contribution is -2.36. The largest absolute Gasteiger partial charge is 0.454 e. The van der Waals surface area contributed by atoms with E-state index in [2.05, 4.69) is 11.8 Å². The summed E-state index contributed by atoms with van der Waals surface area (Å²) in [4.78, 5) is 2.26. The van der Waals surface area contributed by atoms with E-state index in [1.807, 2.05) is 12.1 Å². The van der Waals surface area contributed by atoms with Crippen molar-refractivity contribution < 1.29 is 14.2 Å². The maximum absolute atomic E-state index is 6.24. The number of benzene rings is 1. The summed E-state index contributed by atoms with van der Waals surface area (Å²) in [6, 6.07) is 3.95. The van der Waals surface area contributed by atoms with Gasteiger partial charge in [-0.25, -0.2) is 0 Å². The molecule has 1 aromatic carbocycles. The average molecular weight is 301 g/mol. The zero-order valence-electron chi connectivity index (χ0n) is 11.9. The van der Waals surface area contributed by atoms with Gasteiger partial charge in [-0.2, -0.15) is 0 Å². The Morgan fingerprint density at radius 3 is 2.90 bits per heavy atom. The number of ether oxygens (including phenoxy) is 3. The van der Waals surface area contributed by atoms with E-state index < -0.39 is 0 Å². The van der Waals surface area contributed by atoms with Crippen LogP contribution in [0.4, 0.5) is 0 Å². The van der Waals surface area contributed by atoms with E-state index in [0.717, 1.165) is 18.7 Å². The number of rotatable bonds is 7. The quantitative estimate of drug-likeness (QED) is 0.835. The normalized spacial score (nSPS) is 14.8. The minimum absolute atomic E-state index is 0.0853. The van der Waals surface area contributed by atoms with Gasteiger partial charge in [-0.1, -0.05) is 18.5 Å². The first-order chi connectivity index (χ1) is 9.71. The smallest absolute Gasteiger partial charge is 0.231 e. The zero-order chi connectivity index (χ0) is 14.5. The molecule has 112 valence electrons. The Bertz CT molecular complexity index is 456. The van der Waals surface area contributed by atoms with Gasteiger partial charge in [0.15, 0.2) is 11.5 Å². The van der Waals surface area contributed by atoms with Crippen LogP contribution in [-0.2, 0) is 4.74 Å². The summed E-state index contributed by atoms with van der Waals surface area (Å²) in [6.07, 6.45) is 0. The molecular weight excluding hydrogens is 280 g/mol. The molecule has 1 aliphatic heterocycles. The highest BCUT2D eigenvalue weighted by Crippen LogP contribution is 2.41. The summed E-state index contributed by atoms with van der Waals surface area (Å²) < 4.78 is 15.9. The van der Waals surface area contributed by atoms with Crippen molar-refractivity contribution in [3.05, 3.63) is 22.7 Å². The van der Waals surface area contributed by atoms with Gasteiger partial charge in [0, 0.05) is 26.2 Å². The Morgan fingerprint density at radius 1 is 1.45 bits per heavy atom. The van der Waals surface area contributed by atoms with Gasteiger partial charge in [-0.15, -0.1) is 0 Å². The second-order valence-corrected chi connectivity index (χ2v) is 5.02. The first-order valence-corrected chi connectivity index (χ1v) is 7.11. The Hall–Kier alpha value is -1.01. The van der Waals surface area contributed by atoms with Gasteiger partial charge < -0.3 is 19.9 Å². The number of nitrogens with two attached hydrogens (primary N) is 1. The SMILES string of the molecule is CCN(CCOC)C(CN)c1cc(Cl)c2c(c1)OCO2. The second kappa shape index (κ2) is 7.13. The first kappa shape index (κ1) is 15.4. The molecule has 1 aromatic rings. The minimum Gasteiger partial charge on any atom is -0.454 e. The third kappa shape index (κ3) is 3.17. The van der Waals surface area contributed by atoms with Gasteiger partial charge in [0.05, 0.1) is 11.6 Å². The number of halogens is 1. The van der Waals surface area contributed by atoms with E-state index >= 15 is 0 Å². The number of nitrogens with zero attached hydrogens (tertiary/aromatic N) is 1. The van der Waals surface area contributed by atoms with Gasteiger partial charge in [0.2, 0.25) is 6.79 Å². The van der Waals surface area contributed by atoms with Gasteiger partial charge >= 0.3 is 0 Å². The number of likely N-dealkylation sites (N-methyl/N-ethyl adjacent to an activating group) is 1. The molecule has 0 radical (unpaired) electrons.